The van der Waals surface area contributed by atoms with E-state index in [-0.39, 0.29) is 16.4 Å². The molecule has 2 aromatic rings. The first-order valence-corrected chi connectivity index (χ1v) is 8.90. The second-order valence-corrected chi connectivity index (χ2v) is 6.88. The van der Waals surface area contributed by atoms with E-state index in [0.29, 0.717) is 11.3 Å². The van der Waals surface area contributed by atoms with Crippen LogP contribution in [0.25, 0.3) is 6.08 Å². The minimum atomic E-state index is -0.616. The van der Waals surface area contributed by atoms with Crippen LogP contribution in [0.3, 0.4) is 0 Å². The summed E-state index contributed by atoms with van der Waals surface area (Å²) in [5.41, 5.74) is 0.805. The van der Waals surface area contributed by atoms with Crippen LogP contribution in [0.5, 0.6) is 5.75 Å². The minimum Gasteiger partial charge on any atom is -0.496 e. The molecule has 1 aliphatic rings. The van der Waals surface area contributed by atoms with Crippen LogP contribution in [0.1, 0.15) is 5.56 Å². The van der Waals surface area contributed by atoms with E-state index < -0.39 is 17.6 Å². The molecule has 1 saturated heterocycles. The van der Waals surface area contributed by atoms with Crippen LogP contribution >= 0.6 is 34.8 Å². The van der Waals surface area contributed by atoms with Crippen molar-refractivity contribution in [3.05, 3.63) is 63.0 Å². The van der Waals surface area contributed by atoms with Gasteiger partial charge in [0.15, 0.2) is 5.11 Å². The van der Waals surface area contributed by atoms with E-state index in [1.54, 1.807) is 31.4 Å². The highest BCUT2D eigenvalue weighted by Crippen LogP contribution is 2.25. The lowest BCUT2D eigenvalue weighted by Gasteiger charge is -2.28. The number of amides is 2. The Labute approximate surface area is 168 Å². The summed E-state index contributed by atoms with van der Waals surface area (Å²) in [7, 11) is 1.56. The average molecular weight is 482 g/mol. The predicted molar refractivity (Wildman–Crippen MR) is 108 cm³/mol. The molecule has 0 saturated carbocycles. The van der Waals surface area contributed by atoms with Crippen molar-refractivity contribution in [2.75, 3.05) is 12.0 Å². The van der Waals surface area contributed by atoms with Crippen LogP contribution in [-0.4, -0.2) is 24.0 Å². The molecule has 0 spiro atoms. The van der Waals surface area contributed by atoms with Crippen molar-refractivity contribution >= 4 is 63.5 Å². The molecule has 1 fully saturated rings. The Morgan fingerprint density at radius 1 is 1.23 bits per heavy atom. The second kappa shape index (κ2) is 7.50. The SMILES string of the molecule is COc1ccc(C=C2C(=O)NC(=S)N(c3cccc(F)c3)C2=O)cc1I. The van der Waals surface area contributed by atoms with Crippen LogP contribution in [-0.2, 0) is 9.59 Å². The highest BCUT2D eigenvalue weighted by Gasteiger charge is 2.34. The minimum absolute atomic E-state index is 0.0907. The number of halogens is 2. The summed E-state index contributed by atoms with van der Waals surface area (Å²) in [6.45, 7) is 0. The fourth-order valence-electron chi connectivity index (χ4n) is 2.45. The molecule has 8 heteroatoms. The van der Waals surface area contributed by atoms with Gasteiger partial charge < -0.3 is 4.74 Å². The molecule has 132 valence electrons. The van der Waals surface area contributed by atoms with Gasteiger partial charge in [0.1, 0.15) is 17.1 Å². The molecule has 1 aliphatic heterocycles. The Morgan fingerprint density at radius 2 is 2.00 bits per heavy atom. The molecule has 2 aromatic carbocycles. The molecule has 0 bridgehead atoms. The number of carbonyl (C=O) groups is 2. The van der Waals surface area contributed by atoms with E-state index in [9.17, 15) is 14.0 Å². The molecule has 0 radical (unpaired) electrons. The second-order valence-electron chi connectivity index (χ2n) is 5.33. The van der Waals surface area contributed by atoms with Crippen molar-refractivity contribution in [1.82, 2.24) is 5.32 Å². The van der Waals surface area contributed by atoms with E-state index >= 15 is 0 Å². The zero-order valence-electron chi connectivity index (χ0n) is 13.5. The number of methoxy groups -OCH3 is 1. The Morgan fingerprint density at radius 3 is 2.65 bits per heavy atom. The van der Waals surface area contributed by atoms with Gasteiger partial charge in [-0.25, -0.2) is 4.39 Å². The molecule has 1 N–H and O–H groups in total. The van der Waals surface area contributed by atoms with Crippen LogP contribution in [0.2, 0.25) is 0 Å². The Balaban J connectivity index is 2.01. The molecular weight excluding hydrogens is 470 g/mol. The zero-order valence-corrected chi connectivity index (χ0v) is 16.4. The maximum atomic E-state index is 13.5. The Hall–Kier alpha value is -2.33. The number of thiocarbonyl (C=S) groups is 1. The van der Waals surface area contributed by atoms with Crippen LogP contribution in [0.15, 0.2) is 48.0 Å². The number of ether oxygens (including phenoxy) is 1. The summed E-state index contributed by atoms with van der Waals surface area (Å²) >= 11 is 7.18. The molecule has 5 nitrogen and oxygen atoms in total. The first kappa shape index (κ1) is 18.5. The lowest BCUT2D eigenvalue weighted by Crippen LogP contribution is -2.54. The van der Waals surface area contributed by atoms with Crippen molar-refractivity contribution in [2.45, 2.75) is 0 Å². The summed E-state index contributed by atoms with van der Waals surface area (Å²) < 4.78 is 19.5. The summed E-state index contributed by atoms with van der Waals surface area (Å²) in [5.74, 6) is -1.03. The van der Waals surface area contributed by atoms with Gasteiger partial charge in [0, 0.05) is 0 Å². The lowest BCUT2D eigenvalue weighted by atomic mass is 10.1. The van der Waals surface area contributed by atoms with Gasteiger partial charge in [0.05, 0.1) is 16.4 Å². The van der Waals surface area contributed by atoms with Crippen molar-refractivity contribution < 1.29 is 18.7 Å². The van der Waals surface area contributed by atoms with Crippen molar-refractivity contribution in [3.63, 3.8) is 0 Å². The smallest absolute Gasteiger partial charge is 0.270 e. The normalized spacial score (nSPS) is 16.0. The van der Waals surface area contributed by atoms with Crippen LogP contribution < -0.4 is 15.0 Å². The van der Waals surface area contributed by atoms with Gasteiger partial charge in [0.2, 0.25) is 0 Å². The topological polar surface area (TPSA) is 58.6 Å². The lowest BCUT2D eigenvalue weighted by molar-refractivity contribution is -0.122. The van der Waals surface area contributed by atoms with E-state index in [0.717, 1.165) is 8.47 Å². The molecule has 0 aromatic heterocycles. The van der Waals surface area contributed by atoms with Gasteiger partial charge in [-0.05, 0) is 76.8 Å². The molecule has 0 aliphatic carbocycles. The van der Waals surface area contributed by atoms with E-state index in [4.69, 9.17) is 17.0 Å². The van der Waals surface area contributed by atoms with Gasteiger partial charge in [-0.3, -0.25) is 19.8 Å². The maximum absolute atomic E-state index is 13.5. The number of nitrogens with one attached hydrogen (secondary N) is 1. The molecule has 2 amide bonds. The third kappa shape index (κ3) is 3.61. The first-order chi connectivity index (χ1) is 12.4. The largest absolute Gasteiger partial charge is 0.496 e. The fourth-order valence-corrected chi connectivity index (χ4v) is 3.49. The summed E-state index contributed by atoms with van der Waals surface area (Å²) in [4.78, 5) is 26.2. The van der Waals surface area contributed by atoms with Crippen molar-refractivity contribution in [2.24, 2.45) is 0 Å². The number of carbonyl (C=O) groups excluding carboxylic acids is 2. The average Bonchev–Trinajstić information content (AvgIpc) is 2.58. The first-order valence-electron chi connectivity index (χ1n) is 7.41. The summed E-state index contributed by atoms with van der Waals surface area (Å²) in [5, 5.41) is 2.37. The number of hydrogen-bond donors (Lipinski definition) is 1. The van der Waals surface area contributed by atoms with E-state index in [1.807, 2.05) is 0 Å². The number of rotatable bonds is 3. The molecular formula is C18H12FIN2O3S. The van der Waals surface area contributed by atoms with Crippen molar-refractivity contribution in [1.29, 1.82) is 0 Å². The standard InChI is InChI=1S/C18H12FIN2O3S/c1-25-15-6-5-10(8-14(15)20)7-13-16(23)21-18(26)22(17(13)24)12-4-2-3-11(19)9-12/h2-9H,1H3,(H,21,23,26). The van der Waals surface area contributed by atoms with Gasteiger partial charge in [-0.2, -0.15) is 0 Å². The zero-order chi connectivity index (χ0) is 18.8. The monoisotopic (exact) mass is 482 g/mol. The summed E-state index contributed by atoms with van der Waals surface area (Å²) in [6, 6.07) is 10.7. The molecule has 0 unspecified atom stereocenters. The van der Waals surface area contributed by atoms with Gasteiger partial charge in [0.25, 0.3) is 11.8 Å². The quantitative estimate of drug-likeness (QED) is 0.316. The van der Waals surface area contributed by atoms with Crippen molar-refractivity contribution in [3.8, 4) is 5.75 Å². The molecule has 1 heterocycles. The molecule has 26 heavy (non-hydrogen) atoms. The highest BCUT2D eigenvalue weighted by atomic mass is 127. The van der Waals surface area contributed by atoms with Crippen LogP contribution in [0, 0.1) is 9.39 Å². The fraction of sp³-hybridized carbons (Fsp3) is 0.0556. The predicted octanol–water partition coefficient (Wildman–Crippen LogP) is 3.27. The highest BCUT2D eigenvalue weighted by molar-refractivity contribution is 14.1. The summed E-state index contributed by atoms with van der Waals surface area (Å²) in [6.07, 6.45) is 1.47. The van der Waals surface area contributed by atoms with E-state index in [2.05, 4.69) is 27.9 Å². The number of benzene rings is 2. The van der Waals surface area contributed by atoms with Gasteiger partial charge >= 0.3 is 0 Å². The Bertz CT molecular complexity index is 961. The van der Waals surface area contributed by atoms with Gasteiger partial charge in [-0.1, -0.05) is 12.1 Å². The van der Waals surface area contributed by atoms with Gasteiger partial charge in [-0.15, -0.1) is 0 Å². The number of hydrogen-bond acceptors (Lipinski definition) is 4. The molecule has 0 atom stereocenters. The number of anilines is 1. The number of nitrogens with zero attached hydrogens (tertiary/aromatic N) is 1. The third-order valence-corrected chi connectivity index (χ3v) is 4.78. The third-order valence-electron chi connectivity index (χ3n) is 3.65. The van der Waals surface area contributed by atoms with E-state index in [1.165, 1.54) is 24.3 Å². The Kier molecular flexibility index (Phi) is 5.33. The maximum Gasteiger partial charge on any atom is 0.270 e. The molecule has 3 rings (SSSR count). The van der Waals surface area contributed by atoms with Crippen LogP contribution in [0.4, 0.5) is 10.1 Å².